The molecule has 0 amide bonds. The lowest BCUT2D eigenvalue weighted by molar-refractivity contribution is -0.0278. The van der Waals surface area contributed by atoms with Gasteiger partial charge in [0.2, 0.25) is 0 Å². The summed E-state index contributed by atoms with van der Waals surface area (Å²) in [7, 11) is 5.98. The van der Waals surface area contributed by atoms with Crippen molar-refractivity contribution in [2.45, 2.75) is 87.2 Å². The van der Waals surface area contributed by atoms with E-state index in [0.29, 0.717) is 19.8 Å². The Bertz CT molecular complexity index is 932. The summed E-state index contributed by atoms with van der Waals surface area (Å²) in [6, 6.07) is 16.3. The number of ether oxygens (including phenoxy) is 2. The lowest BCUT2D eigenvalue weighted by Gasteiger charge is -2.40. The van der Waals surface area contributed by atoms with Crippen molar-refractivity contribution in [1.82, 2.24) is 9.32 Å². The van der Waals surface area contributed by atoms with Crippen LogP contribution in [0, 0.1) is 0 Å². The summed E-state index contributed by atoms with van der Waals surface area (Å²) in [4.78, 5) is 2.17. The number of nitrogens with zero attached hydrogens (tertiary/aromatic N) is 2. The van der Waals surface area contributed by atoms with Gasteiger partial charge in [0.1, 0.15) is 24.7 Å². The largest absolute Gasteiger partial charge is 0.490 e. The van der Waals surface area contributed by atoms with Crippen molar-refractivity contribution in [1.29, 1.82) is 0 Å². The molecule has 0 radical (unpaired) electrons. The number of rotatable bonds is 13. The Hall–Kier alpha value is -1.83. The zero-order valence-corrected chi connectivity index (χ0v) is 25.4. The first-order chi connectivity index (χ1) is 19.2. The molecule has 0 saturated heterocycles. The van der Waals surface area contributed by atoms with Crippen LogP contribution in [0.25, 0.3) is 0 Å². The fourth-order valence-corrected chi connectivity index (χ4v) is 6.86. The Kier molecular flexibility index (Phi) is 11.2. The molecule has 0 aromatic heterocycles. The van der Waals surface area contributed by atoms with Gasteiger partial charge in [-0.1, -0.05) is 62.8 Å². The Balaban J connectivity index is 1.29. The van der Waals surface area contributed by atoms with Crippen LogP contribution < -0.4 is 9.47 Å². The van der Waals surface area contributed by atoms with Gasteiger partial charge >= 0.3 is 0 Å². The molecule has 40 heavy (non-hydrogen) atoms. The molecule has 2 aliphatic carbocycles. The van der Waals surface area contributed by atoms with Crippen LogP contribution in [0.1, 0.15) is 87.2 Å². The van der Waals surface area contributed by atoms with E-state index in [-0.39, 0.29) is 11.8 Å². The van der Waals surface area contributed by atoms with Crippen molar-refractivity contribution in [3.63, 3.8) is 0 Å². The van der Waals surface area contributed by atoms with Gasteiger partial charge in [-0.05, 0) is 86.9 Å². The molecule has 2 aromatic carbocycles. The van der Waals surface area contributed by atoms with Crippen molar-refractivity contribution in [3.8, 4) is 11.5 Å². The van der Waals surface area contributed by atoms with Crippen LogP contribution in [0.15, 0.2) is 48.5 Å². The highest BCUT2D eigenvalue weighted by Gasteiger charge is 2.40. The molecule has 2 atom stereocenters. The second-order valence-corrected chi connectivity index (χ2v) is 12.9. The van der Waals surface area contributed by atoms with Gasteiger partial charge < -0.3 is 24.6 Å². The lowest BCUT2D eigenvalue weighted by atomic mass is 9.72. The second kappa shape index (κ2) is 14.4. The number of hydrogen-bond donors (Lipinski definition) is 2. The van der Waals surface area contributed by atoms with Crippen LogP contribution in [-0.2, 0) is 0 Å². The van der Waals surface area contributed by atoms with Crippen molar-refractivity contribution in [2.24, 2.45) is 0 Å². The molecule has 7 heteroatoms. The zero-order chi connectivity index (χ0) is 28.6. The molecule has 0 spiro atoms. The SMILES string of the molecule is CN(C)CC(c1ccc(OCCOc2ccc(C(CN(C)Cl)C3(O)CCCCC3)cc2)cc1)C1(O)CCCCC1. The molecule has 0 heterocycles. The number of likely N-dealkylation sites (N-methyl/N-ethyl adjacent to an activating group) is 2. The van der Waals surface area contributed by atoms with Crippen molar-refractivity contribution >= 4 is 11.8 Å². The second-order valence-electron chi connectivity index (χ2n) is 12.3. The molecule has 0 aliphatic heterocycles. The molecule has 2 fully saturated rings. The van der Waals surface area contributed by atoms with Crippen molar-refractivity contribution < 1.29 is 19.7 Å². The van der Waals surface area contributed by atoms with Crippen molar-refractivity contribution in [3.05, 3.63) is 59.7 Å². The number of halogens is 1. The van der Waals surface area contributed by atoms with Crippen LogP contribution in [-0.4, -0.2) is 78.2 Å². The molecule has 4 rings (SSSR count). The molecule has 2 aromatic rings. The summed E-state index contributed by atoms with van der Waals surface area (Å²) < 4.78 is 13.6. The lowest BCUT2D eigenvalue weighted by Crippen LogP contribution is -2.42. The fraction of sp³-hybridized carbons (Fsp3) is 0.636. The van der Waals surface area contributed by atoms with E-state index in [0.717, 1.165) is 75.0 Å². The smallest absolute Gasteiger partial charge is 0.122 e. The predicted octanol–water partition coefficient (Wildman–Crippen LogP) is 6.35. The first-order valence-electron chi connectivity index (χ1n) is 15.1. The van der Waals surface area contributed by atoms with Gasteiger partial charge in [-0.15, -0.1) is 0 Å². The van der Waals surface area contributed by atoms with Gasteiger partial charge in [-0.3, -0.25) is 0 Å². The Morgan fingerprint density at radius 1 is 0.650 bits per heavy atom. The third kappa shape index (κ3) is 8.36. The molecule has 6 nitrogen and oxygen atoms in total. The van der Waals surface area contributed by atoms with E-state index in [1.165, 1.54) is 18.4 Å². The topological polar surface area (TPSA) is 65.4 Å². The van der Waals surface area contributed by atoms with Gasteiger partial charge in [0.15, 0.2) is 0 Å². The minimum absolute atomic E-state index is 0.0354. The number of hydrogen-bond acceptors (Lipinski definition) is 6. The Morgan fingerprint density at radius 2 is 1.02 bits per heavy atom. The van der Waals surface area contributed by atoms with Gasteiger partial charge in [0, 0.05) is 32.0 Å². The van der Waals surface area contributed by atoms with Gasteiger partial charge in [0.25, 0.3) is 0 Å². The predicted molar refractivity (Wildman–Crippen MR) is 162 cm³/mol. The summed E-state index contributed by atoms with van der Waals surface area (Å²) in [6.45, 7) is 2.29. The minimum atomic E-state index is -0.714. The summed E-state index contributed by atoms with van der Waals surface area (Å²) in [5.41, 5.74) is 0.903. The van der Waals surface area contributed by atoms with Crippen LogP contribution in [0.4, 0.5) is 0 Å². The van der Waals surface area contributed by atoms with E-state index >= 15 is 0 Å². The van der Waals surface area contributed by atoms with Crippen molar-refractivity contribution in [2.75, 3.05) is 47.4 Å². The summed E-state index contributed by atoms with van der Waals surface area (Å²) in [5.74, 6) is 1.64. The number of aliphatic hydroxyl groups is 2. The van der Waals surface area contributed by atoms with Crippen LogP contribution in [0.2, 0.25) is 0 Å². The van der Waals surface area contributed by atoms with E-state index < -0.39 is 11.2 Å². The maximum absolute atomic E-state index is 11.5. The van der Waals surface area contributed by atoms with E-state index in [2.05, 4.69) is 43.3 Å². The van der Waals surface area contributed by atoms with Crippen LogP contribution >= 0.6 is 11.8 Å². The van der Waals surface area contributed by atoms with Crippen LogP contribution in [0.3, 0.4) is 0 Å². The molecule has 2 aliphatic rings. The molecule has 0 bridgehead atoms. The molecular weight excluding hydrogens is 524 g/mol. The van der Waals surface area contributed by atoms with Gasteiger partial charge in [-0.2, -0.15) is 0 Å². The normalized spacial score (nSPS) is 20.3. The molecule has 2 unspecified atom stereocenters. The minimum Gasteiger partial charge on any atom is -0.490 e. The first-order valence-corrected chi connectivity index (χ1v) is 15.4. The van der Waals surface area contributed by atoms with E-state index in [1.807, 2.05) is 31.3 Å². The highest BCUT2D eigenvalue weighted by atomic mass is 35.5. The third-order valence-corrected chi connectivity index (χ3v) is 9.04. The fourth-order valence-electron chi connectivity index (χ4n) is 6.72. The molecule has 222 valence electrons. The summed E-state index contributed by atoms with van der Waals surface area (Å²) in [5, 5.41) is 22.9. The van der Waals surface area contributed by atoms with Gasteiger partial charge in [-0.25, -0.2) is 4.42 Å². The number of benzene rings is 2. The monoisotopic (exact) mass is 572 g/mol. The van der Waals surface area contributed by atoms with Gasteiger partial charge in [0.05, 0.1) is 11.2 Å². The standard InChI is InChI=1S/C33H49ClN2O4/c1-35(2)24-30(32(37)18-6-4-7-19-32)26-10-14-28(15-11-26)39-22-23-40-29-16-12-27(13-17-29)31(25-36(3)34)33(38)20-8-5-9-21-33/h10-17,30-31,37-38H,4-9,18-25H2,1-3H3. The summed E-state index contributed by atoms with van der Waals surface area (Å²) in [6.07, 6.45) is 10.1. The quantitative estimate of drug-likeness (QED) is 0.215. The summed E-state index contributed by atoms with van der Waals surface area (Å²) >= 11 is 6.23. The molecule has 2 saturated carbocycles. The Morgan fingerprint density at radius 3 is 1.38 bits per heavy atom. The van der Waals surface area contributed by atoms with E-state index in [4.69, 9.17) is 21.3 Å². The first kappa shape index (κ1) is 31.1. The average molecular weight is 573 g/mol. The highest BCUT2D eigenvalue weighted by molar-refractivity contribution is 6.13. The third-order valence-electron chi connectivity index (χ3n) is 8.90. The Labute approximate surface area is 246 Å². The van der Waals surface area contributed by atoms with E-state index in [9.17, 15) is 10.2 Å². The highest BCUT2D eigenvalue weighted by Crippen LogP contribution is 2.42. The van der Waals surface area contributed by atoms with E-state index in [1.54, 1.807) is 4.42 Å². The maximum atomic E-state index is 11.5. The molecular formula is C33H49ClN2O4. The maximum Gasteiger partial charge on any atom is 0.122 e. The zero-order valence-electron chi connectivity index (χ0n) is 24.7. The molecule has 2 N–H and O–H groups in total. The van der Waals surface area contributed by atoms with Crippen LogP contribution in [0.5, 0.6) is 11.5 Å². The average Bonchev–Trinajstić information content (AvgIpc) is 2.94.